The molecule has 0 bridgehead atoms. The van der Waals surface area contributed by atoms with Crippen molar-refractivity contribution in [1.82, 2.24) is 4.90 Å². The van der Waals surface area contributed by atoms with E-state index in [1.807, 2.05) is 4.90 Å². The number of hydrogen-bond acceptors (Lipinski definition) is 3. The van der Waals surface area contributed by atoms with Gasteiger partial charge in [-0.05, 0) is 42.9 Å². The molecule has 3 fully saturated rings. The molecule has 2 saturated carbocycles. The maximum absolute atomic E-state index is 13.0. The number of nitrogens with two attached hydrogens (primary N) is 1. The van der Waals surface area contributed by atoms with Crippen molar-refractivity contribution < 1.29 is 9.90 Å². The van der Waals surface area contributed by atoms with Crippen LogP contribution in [-0.2, 0) is 4.79 Å². The van der Waals surface area contributed by atoms with E-state index in [-0.39, 0.29) is 23.5 Å². The molecule has 21 heavy (non-hydrogen) atoms. The van der Waals surface area contributed by atoms with Crippen LogP contribution in [0.4, 0.5) is 0 Å². The summed E-state index contributed by atoms with van der Waals surface area (Å²) in [5.41, 5.74) is 6.17. The predicted octanol–water partition coefficient (Wildman–Crippen LogP) is 1.62. The largest absolute Gasteiger partial charge is 0.393 e. The van der Waals surface area contributed by atoms with Crippen LogP contribution < -0.4 is 5.73 Å². The molecule has 0 aromatic heterocycles. The average Bonchev–Trinajstić information content (AvgIpc) is 2.98. The van der Waals surface area contributed by atoms with Crippen LogP contribution in [-0.4, -0.2) is 41.1 Å². The first-order valence-electron chi connectivity index (χ1n) is 8.54. The number of amides is 1. The minimum atomic E-state index is -0.195. The Morgan fingerprint density at radius 1 is 1.19 bits per heavy atom. The van der Waals surface area contributed by atoms with Gasteiger partial charge in [-0.3, -0.25) is 4.79 Å². The highest BCUT2D eigenvalue weighted by Crippen LogP contribution is 2.46. The van der Waals surface area contributed by atoms with Crippen molar-refractivity contribution in [3.8, 4) is 0 Å². The van der Waals surface area contributed by atoms with Gasteiger partial charge in [-0.1, -0.05) is 20.8 Å². The Morgan fingerprint density at radius 2 is 1.90 bits per heavy atom. The summed E-state index contributed by atoms with van der Waals surface area (Å²) in [7, 11) is 0. The molecular weight excluding hydrogens is 264 g/mol. The van der Waals surface area contributed by atoms with Crippen molar-refractivity contribution in [1.29, 1.82) is 0 Å². The van der Waals surface area contributed by atoms with Gasteiger partial charge >= 0.3 is 0 Å². The van der Waals surface area contributed by atoms with Crippen molar-refractivity contribution in [2.45, 2.75) is 58.6 Å². The van der Waals surface area contributed by atoms with Crippen LogP contribution in [0.25, 0.3) is 0 Å². The Balaban J connectivity index is 1.71. The fourth-order valence-corrected chi connectivity index (χ4v) is 4.93. The number of likely N-dealkylation sites (tertiary alicyclic amines) is 1. The van der Waals surface area contributed by atoms with E-state index in [0.717, 1.165) is 38.8 Å². The van der Waals surface area contributed by atoms with Crippen LogP contribution in [0.2, 0.25) is 0 Å². The maximum Gasteiger partial charge on any atom is 0.226 e. The minimum absolute atomic E-state index is 0.0366. The van der Waals surface area contributed by atoms with Gasteiger partial charge in [0.2, 0.25) is 5.91 Å². The van der Waals surface area contributed by atoms with Gasteiger partial charge in [0.15, 0.2) is 0 Å². The number of aliphatic hydroxyl groups is 1. The summed E-state index contributed by atoms with van der Waals surface area (Å²) in [5.74, 6) is 1.60. The van der Waals surface area contributed by atoms with Gasteiger partial charge in [-0.25, -0.2) is 0 Å². The Kier molecular flexibility index (Phi) is 3.81. The lowest BCUT2D eigenvalue weighted by molar-refractivity contribution is -0.142. The molecule has 4 nitrogen and oxygen atoms in total. The Morgan fingerprint density at radius 3 is 2.57 bits per heavy atom. The SMILES string of the molecule is CC1C(N)CCC(C(=O)N2CC3CCC(O)C3C2)C1(C)C. The number of carbonyl (C=O) groups is 1. The smallest absolute Gasteiger partial charge is 0.226 e. The summed E-state index contributed by atoms with van der Waals surface area (Å²) in [6.45, 7) is 8.20. The molecule has 3 rings (SSSR count). The van der Waals surface area contributed by atoms with Crippen molar-refractivity contribution in [3.05, 3.63) is 0 Å². The second-order valence-electron chi connectivity index (χ2n) is 8.22. The van der Waals surface area contributed by atoms with Crippen LogP contribution >= 0.6 is 0 Å². The summed E-state index contributed by atoms with van der Waals surface area (Å²) < 4.78 is 0. The topological polar surface area (TPSA) is 66.6 Å². The first-order valence-corrected chi connectivity index (χ1v) is 8.54. The van der Waals surface area contributed by atoms with E-state index < -0.39 is 0 Å². The first-order chi connectivity index (χ1) is 9.82. The minimum Gasteiger partial charge on any atom is -0.393 e. The maximum atomic E-state index is 13.0. The number of carbonyl (C=O) groups excluding carboxylic acids is 1. The van der Waals surface area contributed by atoms with Crippen molar-refractivity contribution >= 4 is 5.91 Å². The number of fused-ring (bicyclic) bond motifs is 1. The monoisotopic (exact) mass is 294 g/mol. The zero-order valence-electron chi connectivity index (χ0n) is 13.6. The van der Waals surface area contributed by atoms with Crippen LogP contribution in [0, 0.1) is 29.1 Å². The molecule has 120 valence electrons. The molecule has 0 radical (unpaired) electrons. The molecule has 6 atom stereocenters. The van der Waals surface area contributed by atoms with Crippen molar-refractivity contribution in [2.75, 3.05) is 13.1 Å². The molecule has 3 N–H and O–H groups in total. The molecule has 1 heterocycles. The standard InChI is InChI=1S/C17H30N2O2/c1-10-14(18)6-5-13(17(10,2)3)16(21)19-8-11-4-7-15(20)12(11)9-19/h10-15,20H,4-9,18H2,1-3H3. The predicted molar refractivity (Wildman–Crippen MR) is 82.4 cm³/mol. The number of aliphatic hydroxyl groups excluding tert-OH is 1. The fourth-order valence-electron chi connectivity index (χ4n) is 4.93. The van der Waals surface area contributed by atoms with Gasteiger partial charge < -0.3 is 15.7 Å². The van der Waals surface area contributed by atoms with Gasteiger partial charge in [0.1, 0.15) is 0 Å². The molecule has 1 amide bonds. The highest BCUT2D eigenvalue weighted by Gasteiger charge is 2.49. The van der Waals surface area contributed by atoms with E-state index in [9.17, 15) is 9.90 Å². The highest BCUT2D eigenvalue weighted by atomic mass is 16.3. The van der Waals surface area contributed by atoms with E-state index in [4.69, 9.17) is 5.73 Å². The molecular formula is C17H30N2O2. The molecule has 0 spiro atoms. The molecule has 1 aliphatic heterocycles. The third kappa shape index (κ3) is 2.40. The molecule has 0 aromatic carbocycles. The Bertz CT molecular complexity index is 423. The van der Waals surface area contributed by atoms with E-state index in [2.05, 4.69) is 20.8 Å². The van der Waals surface area contributed by atoms with Crippen molar-refractivity contribution in [3.63, 3.8) is 0 Å². The second kappa shape index (κ2) is 5.24. The Hall–Kier alpha value is -0.610. The average molecular weight is 294 g/mol. The fraction of sp³-hybridized carbons (Fsp3) is 0.941. The van der Waals surface area contributed by atoms with E-state index in [1.54, 1.807) is 0 Å². The van der Waals surface area contributed by atoms with Crippen LogP contribution in [0.1, 0.15) is 46.5 Å². The Labute approximate surface area is 128 Å². The summed E-state index contributed by atoms with van der Waals surface area (Å²) in [5, 5.41) is 10.0. The van der Waals surface area contributed by atoms with Crippen LogP contribution in [0.15, 0.2) is 0 Å². The van der Waals surface area contributed by atoms with E-state index >= 15 is 0 Å². The van der Waals surface area contributed by atoms with Crippen LogP contribution in [0.3, 0.4) is 0 Å². The summed E-state index contributed by atoms with van der Waals surface area (Å²) >= 11 is 0. The number of nitrogens with zero attached hydrogens (tertiary/aromatic N) is 1. The van der Waals surface area contributed by atoms with Gasteiger partial charge in [0, 0.05) is 31.0 Å². The van der Waals surface area contributed by atoms with Gasteiger partial charge in [0.25, 0.3) is 0 Å². The number of rotatable bonds is 1. The quantitative estimate of drug-likeness (QED) is 0.772. The molecule has 0 aromatic rings. The first kappa shape index (κ1) is 15.3. The van der Waals surface area contributed by atoms with Crippen molar-refractivity contribution in [2.24, 2.45) is 34.8 Å². The summed E-state index contributed by atoms with van der Waals surface area (Å²) in [6, 6.07) is 0.212. The lowest BCUT2D eigenvalue weighted by Gasteiger charge is -2.47. The van der Waals surface area contributed by atoms with Crippen LogP contribution in [0.5, 0.6) is 0 Å². The molecule has 2 aliphatic carbocycles. The van der Waals surface area contributed by atoms with Gasteiger partial charge in [0.05, 0.1) is 6.10 Å². The van der Waals surface area contributed by atoms with E-state index in [1.165, 1.54) is 0 Å². The highest BCUT2D eigenvalue weighted by molar-refractivity contribution is 5.80. The van der Waals surface area contributed by atoms with Gasteiger partial charge in [-0.2, -0.15) is 0 Å². The normalized spacial score (nSPS) is 45.7. The molecule has 1 saturated heterocycles. The lowest BCUT2D eigenvalue weighted by atomic mass is 9.60. The number of hydrogen-bond donors (Lipinski definition) is 2. The molecule has 6 unspecified atom stereocenters. The molecule has 3 aliphatic rings. The summed E-state index contributed by atoms with van der Waals surface area (Å²) in [6.07, 6.45) is 3.65. The third-order valence-corrected chi connectivity index (χ3v) is 6.93. The summed E-state index contributed by atoms with van der Waals surface area (Å²) in [4.78, 5) is 15.0. The zero-order valence-corrected chi connectivity index (χ0v) is 13.6. The van der Waals surface area contributed by atoms with E-state index in [0.29, 0.717) is 23.7 Å². The third-order valence-electron chi connectivity index (χ3n) is 6.93. The second-order valence-corrected chi connectivity index (χ2v) is 8.22. The lowest BCUT2D eigenvalue weighted by Crippen LogP contribution is -2.52. The zero-order chi connectivity index (χ0) is 15.4. The molecule has 4 heteroatoms. The van der Waals surface area contributed by atoms with Gasteiger partial charge in [-0.15, -0.1) is 0 Å².